The number of pyridine rings is 1. The number of sulfone groups is 1. The van der Waals surface area contributed by atoms with Crippen LogP contribution < -0.4 is 0 Å². The minimum absolute atomic E-state index is 0.168. The van der Waals surface area contributed by atoms with Crippen molar-refractivity contribution in [3.05, 3.63) is 54.9 Å². The SMILES string of the molecule is CS(=O)(=O)c1cccc(-c2ccc3cnccc3c2)c1-c1nn[nH]n1. The van der Waals surface area contributed by atoms with Gasteiger partial charge in [-0.15, -0.1) is 10.2 Å². The normalized spacial score (nSPS) is 11.7. The summed E-state index contributed by atoms with van der Waals surface area (Å²) in [6.45, 7) is 0. The fraction of sp³-hybridized carbons (Fsp3) is 0.0588. The third-order valence-electron chi connectivity index (χ3n) is 3.95. The number of H-pyrrole nitrogens is 1. The van der Waals surface area contributed by atoms with E-state index in [1.54, 1.807) is 24.5 Å². The van der Waals surface area contributed by atoms with Crippen LogP contribution in [0.1, 0.15) is 0 Å². The average Bonchev–Trinajstić information content (AvgIpc) is 3.14. The summed E-state index contributed by atoms with van der Waals surface area (Å²) in [6.07, 6.45) is 4.67. The van der Waals surface area contributed by atoms with Crippen LogP contribution in [0.2, 0.25) is 0 Å². The van der Waals surface area contributed by atoms with Crippen LogP contribution in [-0.2, 0) is 9.84 Å². The molecule has 0 saturated carbocycles. The van der Waals surface area contributed by atoms with E-state index in [0.717, 1.165) is 21.9 Å². The van der Waals surface area contributed by atoms with Crippen LogP contribution in [0.25, 0.3) is 33.3 Å². The number of nitrogens with zero attached hydrogens (tertiary/aromatic N) is 4. The lowest BCUT2D eigenvalue weighted by atomic mass is 9.97. The van der Waals surface area contributed by atoms with Gasteiger partial charge in [0.1, 0.15) is 0 Å². The summed E-state index contributed by atoms with van der Waals surface area (Å²) < 4.78 is 24.5. The van der Waals surface area contributed by atoms with Crippen molar-refractivity contribution in [3.63, 3.8) is 0 Å². The molecule has 0 amide bonds. The first-order chi connectivity index (χ1) is 12.0. The summed E-state index contributed by atoms with van der Waals surface area (Å²) >= 11 is 0. The Morgan fingerprint density at radius 3 is 2.68 bits per heavy atom. The molecule has 0 aliphatic rings. The molecule has 0 unspecified atom stereocenters. The van der Waals surface area contributed by atoms with Crippen LogP contribution in [0.4, 0.5) is 0 Å². The van der Waals surface area contributed by atoms with E-state index in [4.69, 9.17) is 0 Å². The highest BCUT2D eigenvalue weighted by Crippen LogP contribution is 2.36. The minimum Gasteiger partial charge on any atom is -0.264 e. The maximum absolute atomic E-state index is 12.3. The van der Waals surface area contributed by atoms with E-state index in [0.29, 0.717) is 5.56 Å². The van der Waals surface area contributed by atoms with Gasteiger partial charge in [-0.3, -0.25) is 4.98 Å². The van der Waals surface area contributed by atoms with Crippen molar-refractivity contribution >= 4 is 20.6 Å². The number of aromatic amines is 1. The van der Waals surface area contributed by atoms with Crippen LogP contribution in [-0.4, -0.2) is 40.3 Å². The highest BCUT2D eigenvalue weighted by Gasteiger charge is 2.21. The zero-order valence-corrected chi connectivity index (χ0v) is 14.0. The zero-order valence-electron chi connectivity index (χ0n) is 13.2. The van der Waals surface area contributed by atoms with Gasteiger partial charge in [0.25, 0.3) is 0 Å². The number of rotatable bonds is 3. The second-order valence-electron chi connectivity index (χ2n) is 5.62. The number of aromatic nitrogens is 5. The lowest BCUT2D eigenvalue weighted by Crippen LogP contribution is -2.02. The Morgan fingerprint density at radius 1 is 1.04 bits per heavy atom. The lowest BCUT2D eigenvalue weighted by Gasteiger charge is -2.12. The van der Waals surface area contributed by atoms with Gasteiger partial charge in [-0.25, -0.2) is 8.42 Å². The molecule has 2 aromatic heterocycles. The maximum atomic E-state index is 12.3. The fourth-order valence-electron chi connectivity index (χ4n) is 2.83. The van der Waals surface area contributed by atoms with Gasteiger partial charge >= 0.3 is 0 Å². The highest BCUT2D eigenvalue weighted by molar-refractivity contribution is 7.90. The summed E-state index contributed by atoms with van der Waals surface area (Å²) in [6, 6.07) is 12.9. The smallest absolute Gasteiger partial charge is 0.206 e. The van der Waals surface area contributed by atoms with Crippen molar-refractivity contribution < 1.29 is 8.42 Å². The Balaban J connectivity index is 2.04. The zero-order chi connectivity index (χ0) is 17.4. The van der Waals surface area contributed by atoms with Crippen LogP contribution in [0.3, 0.4) is 0 Å². The van der Waals surface area contributed by atoms with Gasteiger partial charge in [-0.05, 0) is 39.9 Å². The maximum Gasteiger partial charge on any atom is 0.206 e. The molecule has 8 heteroatoms. The molecule has 2 aromatic carbocycles. The Bertz CT molecular complexity index is 1170. The van der Waals surface area contributed by atoms with E-state index in [1.165, 1.54) is 6.26 Å². The number of benzene rings is 2. The summed E-state index contributed by atoms with van der Waals surface area (Å²) in [7, 11) is -3.46. The van der Waals surface area contributed by atoms with Crippen molar-refractivity contribution in [1.29, 1.82) is 0 Å². The minimum atomic E-state index is -3.46. The molecule has 0 atom stereocenters. The second-order valence-corrected chi connectivity index (χ2v) is 7.61. The molecular weight excluding hydrogens is 338 g/mol. The molecule has 7 nitrogen and oxygen atoms in total. The van der Waals surface area contributed by atoms with Crippen molar-refractivity contribution in [1.82, 2.24) is 25.6 Å². The van der Waals surface area contributed by atoms with Crippen LogP contribution >= 0.6 is 0 Å². The topological polar surface area (TPSA) is 101 Å². The van der Waals surface area contributed by atoms with Gasteiger partial charge in [0.2, 0.25) is 5.82 Å². The van der Waals surface area contributed by atoms with Crippen molar-refractivity contribution in [2.45, 2.75) is 4.90 Å². The number of tetrazole rings is 1. The molecule has 124 valence electrons. The van der Waals surface area contributed by atoms with Crippen LogP contribution in [0, 0.1) is 0 Å². The second kappa shape index (κ2) is 5.75. The molecule has 4 rings (SSSR count). The van der Waals surface area contributed by atoms with Crippen molar-refractivity contribution in [2.24, 2.45) is 0 Å². The molecule has 0 aliphatic heterocycles. The summed E-state index contributed by atoms with van der Waals surface area (Å²) in [5.74, 6) is 0.242. The first kappa shape index (κ1) is 15.4. The molecule has 2 heterocycles. The van der Waals surface area contributed by atoms with Gasteiger partial charge in [-0.1, -0.05) is 24.3 Å². The van der Waals surface area contributed by atoms with E-state index in [-0.39, 0.29) is 10.7 Å². The monoisotopic (exact) mass is 351 g/mol. The van der Waals surface area contributed by atoms with Crippen molar-refractivity contribution in [2.75, 3.05) is 6.26 Å². The van der Waals surface area contributed by atoms with Gasteiger partial charge in [0, 0.05) is 29.6 Å². The summed E-state index contributed by atoms with van der Waals surface area (Å²) in [5.41, 5.74) is 2.03. The number of nitrogens with one attached hydrogen (secondary N) is 1. The molecule has 0 spiro atoms. The Labute approximate surface area is 143 Å². The standard InChI is InChI=1S/C17H13N5O2S/c1-25(23,24)15-4-2-3-14(16(15)17-19-21-22-20-17)12-5-6-13-10-18-8-7-11(13)9-12/h2-10H,1H3,(H,19,20,21,22). The summed E-state index contributed by atoms with van der Waals surface area (Å²) in [5, 5.41) is 15.9. The predicted octanol–water partition coefficient (Wildman–Crippen LogP) is 2.49. The molecule has 0 aliphatic carbocycles. The average molecular weight is 351 g/mol. The van der Waals surface area contributed by atoms with Crippen LogP contribution in [0.15, 0.2) is 59.8 Å². The molecule has 25 heavy (non-hydrogen) atoms. The first-order valence-electron chi connectivity index (χ1n) is 7.45. The summed E-state index contributed by atoms with van der Waals surface area (Å²) in [4.78, 5) is 4.28. The Kier molecular flexibility index (Phi) is 3.54. The molecule has 0 bridgehead atoms. The molecule has 0 saturated heterocycles. The molecular formula is C17H13N5O2S. The van der Waals surface area contributed by atoms with E-state index in [2.05, 4.69) is 25.6 Å². The van der Waals surface area contributed by atoms with Gasteiger partial charge in [0.05, 0.1) is 4.90 Å². The lowest BCUT2D eigenvalue weighted by molar-refractivity contribution is 0.602. The third kappa shape index (κ3) is 2.76. The van der Waals surface area contributed by atoms with Gasteiger partial charge < -0.3 is 0 Å². The van der Waals surface area contributed by atoms with Crippen molar-refractivity contribution in [3.8, 4) is 22.5 Å². The molecule has 4 aromatic rings. The van der Waals surface area contributed by atoms with E-state index < -0.39 is 9.84 Å². The largest absolute Gasteiger partial charge is 0.264 e. The molecule has 0 radical (unpaired) electrons. The number of hydrogen-bond acceptors (Lipinski definition) is 6. The third-order valence-corrected chi connectivity index (χ3v) is 5.09. The first-order valence-corrected chi connectivity index (χ1v) is 9.34. The van der Waals surface area contributed by atoms with E-state index in [9.17, 15) is 8.42 Å². The van der Waals surface area contributed by atoms with Crippen LogP contribution in [0.5, 0.6) is 0 Å². The Hall–Kier alpha value is -3.13. The van der Waals surface area contributed by atoms with Gasteiger partial charge in [-0.2, -0.15) is 5.21 Å². The number of fused-ring (bicyclic) bond motifs is 1. The van der Waals surface area contributed by atoms with E-state index in [1.807, 2.05) is 30.3 Å². The molecule has 1 N–H and O–H groups in total. The highest BCUT2D eigenvalue weighted by atomic mass is 32.2. The fourth-order valence-corrected chi connectivity index (χ4v) is 3.73. The van der Waals surface area contributed by atoms with Gasteiger partial charge in [0.15, 0.2) is 9.84 Å². The quantitative estimate of drug-likeness (QED) is 0.608. The predicted molar refractivity (Wildman–Crippen MR) is 93.5 cm³/mol. The van der Waals surface area contributed by atoms with E-state index >= 15 is 0 Å². The molecule has 0 fully saturated rings. The Morgan fingerprint density at radius 2 is 1.92 bits per heavy atom. The number of hydrogen-bond donors (Lipinski definition) is 1.